The second-order valence-corrected chi connectivity index (χ2v) is 6.69. The molecule has 0 aliphatic heterocycles. The van der Waals surface area contributed by atoms with Crippen LogP contribution in [-0.2, 0) is 11.3 Å². The maximum Gasteiger partial charge on any atom is 0.226 e. The Balaban J connectivity index is 2.19. The van der Waals surface area contributed by atoms with Gasteiger partial charge in [0.1, 0.15) is 11.8 Å². The van der Waals surface area contributed by atoms with Crippen molar-refractivity contribution in [2.24, 2.45) is 5.92 Å². The van der Waals surface area contributed by atoms with E-state index in [1.54, 1.807) is 7.11 Å². The van der Waals surface area contributed by atoms with Gasteiger partial charge in [0.15, 0.2) is 0 Å². The number of carbonyl (C=O) groups is 1. The SMILES string of the molecule is CCn1c(-c2cccc(NC(=O)C(C)C)c2)c(C#N)c2ccc(OC)cc21. The standard InChI is InChI=1S/C22H23N3O2/c1-5-25-20-12-17(27-4)9-10-18(20)19(13-23)21(25)15-7-6-8-16(11-15)24-22(26)14(2)3/h6-12,14H,5H2,1-4H3,(H,24,26). The summed E-state index contributed by atoms with van der Waals surface area (Å²) in [6.07, 6.45) is 0. The molecule has 0 aliphatic rings. The van der Waals surface area contributed by atoms with Crippen LogP contribution < -0.4 is 10.1 Å². The number of nitriles is 1. The zero-order chi connectivity index (χ0) is 19.6. The van der Waals surface area contributed by atoms with Gasteiger partial charge in [0, 0.05) is 35.2 Å². The Hall–Kier alpha value is -3.26. The molecule has 1 aromatic heterocycles. The lowest BCUT2D eigenvalue weighted by molar-refractivity contribution is -0.118. The molecule has 2 aromatic carbocycles. The topological polar surface area (TPSA) is 67.0 Å². The number of ether oxygens (including phenoxy) is 1. The molecule has 5 heteroatoms. The van der Waals surface area contributed by atoms with Crippen LogP contribution in [0.15, 0.2) is 42.5 Å². The Labute approximate surface area is 159 Å². The summed E-state index contributed by atoms with van der Waals surface area (Å²) < 4.78 is 7.46. The summed E-state index contributed by atoms with van der Waals surface area (Å²) >= 11 is 0. The summed E-state index contributed by atoms with van der Waals surface area (Å²) in [7, 11) is 1.63. The minimum atomic E-state index is -0.0992. The highest BCUT2D eigenvalue weighted by molar-refractivity contribution is 5.97. The fourth-order valence-corrected chi connectivity index (χ4v) is 3.23. The number of amides is 1. The van der Waals surface area contributed by atoms with Crippen LogP contribution in [0.4, 0.5) is 5.69 Å². The van der Waals surface area contributed by atoms with E-state index in [4.69, 9.17) is 4.74 Å². The lowest BCUT2D eigenvalue weighted by Gasteiger charge is -2.12. The zero-order valence-corrected chi connectivity index (χ0v) is 16.0. The molecule has 0 aliphatic carbocycles. The van der Waals surface area contributed by atoms with Gasteiger partial charge >= 0.3 is 0 Å². The summed E-state index contributed by atoms with van der Waals surface area (Å²) in [4.78, 5) is 12.0. The molecule has 0 atom stereocenters. The number of fused-ring (bicyclic) bond motifs is 1. The van der Waals surface area contributed by atoms with E-state index in [-0.39, 0.29) is 11.8 Å². The molecule has 5 nitrogen and oxygen atoms in total. The molecule has 1 heterocycles. The molecule has 3 aromatic rings. The highest BCUT2D eigenvalue weighted by atomic mass is 16.5. The highest BCUT2D eigenvalue weighted by Gasteiger charge is 2.19. The third-order valence-corrected chi connectivity index (χ3v) is 4.63. The first kappa shape index (κ1) is 18.5. The van der Waals surface area contributed by atoms with Crippen LogP contribution in [0.25, 0.3) is 22.2 Å². The lowest BCUT2D eigenvalue weighted by atomic mass is 10.0. The van der Waals surface area contributed by atoms with E-state index in [0.717, 1.165) is 33.6 Å². The van der Waals surface area contributed by atoms with Gasteiger partial charge in [-0.05, 0) is 31.2 Å². The van der Waals surface area contributed by atoms with Gasteiger partial charge in [-0.1, -0.05) is 26.0 Å². The molecule has 3 rings (SSSR count). The first-order valence-electron chi connectivity index (χ1n) is 9.01. The first-order valence-corrected chi connectivity index (χ1v) is 9.01. The summed E-state index contributed by atoms with van der Waals surface area (Å²) in [5.74, 6) is 0.620. The molecule has 1 amide bonds. The van der Waals surface area contributed by atoms with Gasteiger partial charge in [-0.3, -0.25) is 4.79 Å². The number of anilines is 1. The fourth-order valence-electron chi connectivity index (χ4n) is 3.23. The largest absolute Gasteiger partial charge is 0.497 e. The number of hydrogen-bond donors (Lipinski definition) is 1. The van der Waals surface area contributed by atoms with Gasteiger partial charge in [-0.25, -0.2) is 0 Å². The third-order valence-electron chi connectivity index (χ3n) is 4.63. The quantitative estimate of drug-likeness (QED) is 0.709. The van der Waals surface area contributed by atoms with Gasteiger partial charge in [-0.2, -0.15) is 5.26 Å². The molecule has 0 radical (unpaired) electrons. The van der Waals surface area contributed by atoms with E-state index in [9.17, 15) is 10.1 Å². The summed E-state index contributed by atoms with van der Waals surface area (Å²) in [6.45, 7) is 6.47. The second kappa shape index (κ2) is 7.55. The van der Waals surface area contributed by atoms with Crippen LogP contribution in [0.3, 0.4) is 0 Å². The number of carbonyl (C=O) groups excluding carboxylic acids is 1. The van der Waals surface area contributed by atoms with Crippen molar-refractivity contribution < 1.29 is 9.53 Å². The molecule has 27 heavy (non-hydrogen) atoms. The smallest absolute Gasteiger partial charge is 0.226 e. The van der Waals surface area contributed by atoms with Crippen molar-refractivity contribution in [2.45, 2.75) is 27.3 Å². The van der Waals surface area contributed by atoms with Crippen molar-refractivity contribution >= 4 is 22.5 Å². The van der Waals surface area contributed by atoms with Crippen LogP contribution in [0.1, 0.15) is 26.3 Å². The first-order chi connectivity index (χ1) is 13.0. The van der Waals surface area contributed by atoms with Crippen molar-refractivity contribution in [1.82, 2.24) is 4.57 Å². The average molecular weight is 361 g/mol. The van der Waals surface area contributed by atoms with E-state index in [1.165, 1.54) is 0 Å². The number of hydrogen-bond acceptors (Lipinski definition) is 3. The molecule has 0 spiro atoms. The number of aromatic nitrogens is 1. The Morgan fingerprint density at radius 3 is 2.67 bits per heavy atom. The summed E-state index contributed by atoms with van der Waals surface area (Å²) in [6, 6.07) is 15.7. The van der Waals surface area contributed by atoms with Crippen LogP contribution >= 0.6 is 0 Å². The monoisotopic (exact) mass is 361 g/mol. The Morgan fingerprint density at radius 2 is 2.04 bits per heavy atom. The van der Waals surface area contributed by atoms with Gasteiger partial charge < -0.3 is 14.6 Å². The van der Waals surface area contributed by atoms with Gasteiger partial charge in [0.2, 0.25) is 5.91 Å². The fraction of sp³-hybridized carbons (Fsp3) is 0.273. The second-order valence-electron chi connectivity index (χ2n) is 6.69. The van der Waals surface area contributed by atoms with Crippen LogP contribution in [-0.4, -0.2) is 17.6 Å². The van der Waals surface area contributed by atoms with E-state index in [2.05, 4.69) is 16.0 Å². The number of nitrogens with one attached hydrogen (secondary N) is 1. The Bertz CT molecular complexity index is 1040. The zero-order valence-electron chi connectivity index (χ0n) is 16.0. The molecule has 0 bridgehead atoms. The predicted molar refractivity (Wildman–Crippen MR) is 108 cm³/mol. The van der Waals surface area contributed by atoms with Crippen molar-refractivity contribution in [1.29, 1.82) is 5.26 Å². The van der Waals surface area contributed by atoms with Crippen molar-refractivity contribution in [3.63, 3.8) is 0 Å². The van der Waals surface area contributed by atoms with Gasteiger partial charge in [0.25, 0.3) is 0 Å². The molecule has 0 fully saturated rings. The van der Waals surface area contributed by atoms with E-state index >= 15 is 0 Å². The number of methoxy groups -OCH3 is 1. The van der Waals surface area contributed by atoms with E-state index in [1.807, 2.05) is 63.2 Å². The average Bonchev–Trinajstić information content (AvgIpc) is 3.00. The Kier molecular flexibility index (Phi) is 5.18. The van der Waals surface area contributed by atoms with E-state index < -0.39 is 0 Å². The summed E-state index contributed by atoms with van der Waals surface area (Å²) in [5, 5.41) is 13.7. The molecular weight excluding hydrogens is 338 g/mol. The predicted octanol–water partition coefficient (Wildman–Crippen LogP) is 4.80. The van der Waals surface area contributed by atoms with Crippen molar-refractivity contribution in [2.75, 3.05) is 12.4 Å². The minimum absolute atomic E-state index is 0.0339. The van der Waals surface area contributed by atoms with Crippen LogP contribution in [0, 0.1) is 17.2 Å². The number of rotatable bonds is 5. The normalized spacial score (nSPS) is 10.8. The van der Waals surface area contributed by atoms with Crippen LogP contribution in [0.5, 0.6) is 5.75 Å². The van der Waals surface area contributed by atoms with Crippen LogP contribution in [0.2, 0.25) is 0 Å². The number of benzene rings is 2. The van der Waals surface area contributed by atoms with Gasteiger partial charge in [0.05, 0.1) is 23.9 Å². The third kappa shape index (κ3) is 3.39. The molecule has 0 unspecified atom stereocenters. The van der Waals surface area contributed by atoms with Crippen molar-refractivity contribution in [3.8, 4) is 23.1 Å². The maximum atomic E-state index is 12.0. The minimum Gasteiger partial charge on any atom is -0.497 e. The number of nitrogens with zero attached hydrogens (tertiary/aromatic N) is 2. The Morgan fingerprint density at radius 1 is 1.26 bits per heavy atom. The highest BCUT2D eigenvalue weighted by Crippen LogP contribution is 2.36. The lowest BCUT2D eigenvalue weighted by Crippen LogP contribution is -2.17. The number of aryl methyl sites for hydroxylation is 1. The molecule has 0 saturated heterocycles. The maximum absolute atomic E-state index is 12.0. The molecule has 0 saturated carbocycles. The van der Waals surface area contributed by atoms with E-state index in [0.29, 0.717) is 12.1 Å². The summed E-state index contributed by atoms with van der Waals surface area (Å²) in [5.41, 5.74) is 4.05. The molecule has 138 valence electrons. The van der Waals surface area contributed by atoms with Gasteiger partial charge in [-0.15, -0.1) is 0 Å². The van der Waals surface area contributed by atoms with Crippen molar-refractivity contribution in [3.05, 3.63) is 48.0 Å². The molecule has 1 N–H and O–H groups in total. The molecular formula is C22H23N3O2.